The fourth-order valence-corrected chi connectivity index (χ4v) is 2.54. The van der Waals surface area contributed by atoms with Crippen LogP contribution in [0.3, 0.4) is 0 Å². The largest absolute Gasteiger partial charge is 0.534 e. The first-order valence-electron chi connectivity index (χ1n) is 6.65. The highest BCUT2D eigenvalue weighted by molar-refractivity contribution is 7.87. The lowest BCUT2D eigenvalue weighted by molar-refractivity contribution is -0.0524. The molecule has 1 aliphatic carbocycles. The van der Waals surface area contributed by atoms with Crippen molar-refractivity contribution in [3.63, 3.8) is 0 Å². The van der Waals surface area contributed by atoms with E-state index in [4.69, 9.17) is 4.74 Å². The molecule has 0 saturated heterocycles. The van der Waals surface area contributed by atoms with Crippen LogP contribution in [-0.2, 0) is 14.3 Å². The van der Waals surface area contributed by atoms with Gasteiger partial charge in [0.2, 0.25) is 0 Å². The van der Waals surface area contributed by atoms with Gasteiger partial charge < -0.3 is 8.92 Å². The molecular formula is C14H15F3O4S. The van der Waals surface area contributed by atoms with Crippen LogP contribution < -0.4 is 4.74 Å². The number of para-hydroxylation sites is 1. The third kappa shape index (κ3) is 4.40. The molecule has 0 radical (unpaired) electrons. The zero-order chi connectivity index (χ0) is 16.2. The van der Waals surface area contributed by atoms with E-state index < -0.39 is 15.6 Å². The van der Waals surface area contributed by atoms with Gasteiger partial charge in [0.25, 0.3) is 0 Å². The molecule has 0 bridgehead atoms. The third-order valence-corrected chi connectivity index (χ3v) is 4.21. The molecule has 0 fully saturated rings. The molecular weight excluding hydrogens is 321 g/mol. The predicted octanol–water partition coefficient (Wildman–Crippen LogP) is 3.62. The number of rotatable bonds is 5. The fraction of sp³-hybridized carbons (Fsp3) is 0.429. The van der Waals surface area contributed by atoms with Crippen LogP contribution in [0.5, 0.6) is 5.75 Å². The Balaban J connectivity index is 1.85. The molecule has 1 aliphatic rings. The first-order valence-corrected chi connectivity index (χ1v) is 8.06. The molecule has 0 N–H and O–H groups in total. The van der Waals surface area contributed by atoms with Crippen molar-refractivity contribution in [1.29, 1.82) is 0 Å². The van der Waals surface area contributed by atoms with E-state index in [0.29, 0.717) is 25.2 Å². The summed E-state index contributed by atoms with van der Waals surface area (Å²) in [6.45, 7) is 0.416. The minimum absolute atomic E-state index is 0.112. The van der Waals surface area contributed by atoms with Gasteiger partial charge in [-0.05, 0) is 37.0 Å². The van der Waals surface area contributed by atoms with Crippen LogP contribution >= 0.6 is 0 Å². The van der Waals surface area contributed by atoms with Crippen molar-refractivity contribution >= 4 is 10.1 Å². The highest BCUT2D eigenvalue weighted by Gasteiger charge is 2.48. The number of alkyl halides is 3. The highest BCUT2D eigenvalue weighted by atomic mass is 32.2. The maximum Gasteiger partial charge on any atom is 0.534 e. The number of hydrogen-bond donors (Lipinski definition) is 0. The predicted molar refractivity (Wildman–Crippen MR) is 73.4 cm³/mol. The molecule has 0 aromatic heterocycles. The van der Waals surface area contributed by atoms with Crippen LogP contribution in [0.15, 0.2) is 42.2 Å². The zero-order valence-electron chi connectivity index (χ0n) is 11.5. The second-order valence-corrected chi connectivity index (χ2v) is 6.46. The minimum Gasteiger partial charge on any atom is -0.493 e. The van der Waals surface area contributed by atoms with E-state index in [9.17, 15) is 21.6 Å². The Hall–Kier alpha value is -1.70. The standard InChI is InChI=1S/C14H15F3O4S/c15-14(16,17)22(18,19)21-13-8-6-11(7-9-13)10-20-12-4-2-1-3-5-12/h1-5,8,11H,6-7,9-10H2. The number of allylic oxidation sites excluding steroid dienone is 2. The Labute approximate surface area is 126 Å². The Morgan fingerprint density at radius 1 is 1.18 bits per heavy atom. The van der Waals surface area contributed by atoms with E-state index in [2.05, 4.69) is 4.18 Å². The summed E-state index contributed by atoms with van der Waals surface area (Å²) < 4.78 is 68.1. The first kappa shape index (κ1) is 16.7. The molecule has 0 spiro atoms. The zero-order valence-corrected chi connectivity index (χ0v) is 12.4. The van der Waals surface area contributed by atoms with Gasteiger partial charge in [-0.25, -0.2) is 0 Å². The Morgan fingerprint density at radius 3 is 2.41 bits per heavy atom. The van der Waals surface area contributed by atoms with Crippen LogP contribution in [0.25, 0.3) is 0 Å². The molecule has 0 heterocycles. The summed E-state index contributed by atoms with van der Waals surface area (Å²) in [6.07, 6.45) is 2.44. The van der Waals surface area contributed by atoms with Gasteiger partial charge in [-0.2, -0.15) is 21.6 Å². The van der Waals surface area contributed by atoms with Gasteiger partial charge >= 0.3 is 15.6 Å². The van der Waals surface area contributed by atoms with Crippen LogP contribution in [0.4, 0.5) is 13.2 Å². The molecule has 1 unspecified atom stereocenters. The molecule has 1 aromatic carbocycles. The van der Waals surface area contributed by atoms with E-state index in [1.54, 1.807) is 0 Å². The SMILES string of the molecule is O=S(=O)(OC1=CCC(COc2ccccc2)CC1)C(F)(F)F. The molecule has 0 aliphatic heterocycles. The summed E-state index contributed by atoms with van der Waals surface area (Å²) in [5.74, 6) is 0.669. The summed E-state index contributed by atoms with van der Waals surface area (Å²) in [7, 11) is -5.57. The second kappa shape index (κ2) is 6.60. The lowest BCUT2D eigenvalue weighted by atomic mass is 9.94. The minimum atomic E-state index is -5.57. The Bertz CT molecular complexity index is 623. The average molecular weight is 336 g/mol. The van der Waals surface area contributed by atoms with Gasteiger partial charge in [-0.3, -0.25) is 0 Å². The monoisotopic (exact) mass is 336 g/mol. The van der Waals surface area contributed by atoms with Gasteiger partial charge in [0.1, 0.15) is 11.5 Å². The van der Waals surface area contributed by atoms with Gasteiger partial charge in [0.15, 0.2) is 0 Å². The van der Waals surface area contributed by atoms with Crippen molar-refractivity contribution in [3.05, 3.63) is 42.2 Å². The summed E-state index contributed by atoms with van der Waals surface area (Å²) in [6, 6.07) is 9.15. The Kier molecular flexibility index (Phi) is 5.00. The summed E-state index contributed by atoms with van der Waals surface area (Å²) in [5, 5.41) is 0. The maximum absolute atomic E-state index is 12.2. The lowest BCUT2D eigenvalue weighted by Gasteiger charge is -2.22. The molecule has 2 rings (SSSR count). The maximum atomic E-state index is 12.2. The smallest absolute Gasteiger partial charge is 0.493 e. The van der Waals surface area contributed by atoms with Crippen molar-refractivity contribution in [2.75, 3.05) is 6.61 Å². The van der Waals surface area contributed by atoms with E-state index >= 15 is 0 Å². The second-order valence-electron chi connectivity index (χ2n) is 4.92. The number of hydrogen-bond acceptors (Lipinski definition) is 4. The van der Waals surface area contributed by atoms with Gasteiger partial charge in [-0.15, -0.1) is 0 Å². The topological polar surface area (TPSA) is 52.6 Å². The van der Waals surface area contributed by atoms with Crippen LogP contribution in [0, 0.1) is 5.92 Å². The van der Waals surface area contributed by atoms with Crippen molar-refractivity contribution in [2.24, 2.45) is 5.92 Å². The van der Waals surface area contributed by atoms with Crippen molar-refractivity contribution < 1.29 is 30.5 Å². The van der Waals surface area contributed by atoms with Crippen LogP contribution in [-0.4, -0.2) is 20.5 Å². The molecule has 122 valence electrons. The molecule has 1 atom stereocenters. The highest BCUT2D eigenvalue weighted by Crippen LogP contribution is 2.31. The normalized spacial score (nSPS) is 19.4. The molecule has 4 nitrogen and oxygen atoms in total. The van der Waals surface area contributed by atoms with Crippen molar-refractivity contribution in [1.82, 2.24) is 0 Å². The van der Waals surface area contributed by atoms with E-state index in [0.717, 1.165) is 0 Å². The molecule has 0 saturated carbocycles. The lowest BCUT2D eigenvalue weighted by Crippen LogP contribution is -2.26. The number of halogens is 3. The quantitative estimate of drug-likeness (QED) is 0.609. The molecule has 0 amide bonds. The fourth-order valence-electron chi connectivity index (χ4n) is 2.01. The number of ether oxygens (including phenoxy) is 1. The van der Waals surface area contributed by atoms with Crippen molar-refractivity contribution in [2.45, 2.75) is 24.8 Å². The van der Waals surface area contributed by atoms with Crippen LogP contribution in [0.2, 0.25) is 0 Å². The van der Waals surface area contributed by atoms with Crippen molar-refractivity contribution in [3.8, 4) is 5.75 Å². The first-order chi connectivity index (χ1) is 10.3. The Morgan fingerprint density at radius 2 is 1.86 bits per heavy atom. The summed E-state index contributed by atoms with van der Waals surface area (Å²) >= 11 is 0. The molecule has 1 aromatic rings. The van der Waals surface area contributed by atoms with E-state index in [-0.39, 0.29) is 18.1 Å². The van der Waals surface area contributed by atoms with Gasteiger partial charge in [0.05, 0.1) is 6.61 Å². The third-order valence-electron chi connectivity index (χ3n) is 3.21. The van der Waals surface area contributed by atoms with E-state index in [1.807, 2.05) is 30.3 Å². The average Bonchev–Trinajstić information content (AvgIpc) is 2.46. The van der Waals surface area contributed by atoms with Gasteiger partial charge in [0, 0.05) is 6.42 Å². The summed E-state index contributed by atoms with van der Waals surface area (Å²) in [5.41, 5.74) is -5.40. The molecule has 8 heteroatoms. The molecule has 22 heavy (non-hydrogen) atoms. The van der Waals surface area contributed by atoms with Gasteiger partial charge in [-0.1, -0.05) is 18.2 Å². The number of benzene rings is 1. The van der Waals surface area contributed by atoms with E-state index in [1.165, 1.54) is 6.08 Å². The summed E-state index contributed by atoms with van der Waals surface area (Å²) in [4.78, 5) is 0. The van der Waals surface area contributed by atoms with Crippen LogP contribution in [0.1, 0.15) is 19.3 Å².